The van der Waals surface area contributed by atoms with E-state index in [0.29, 0.717) is 5.92 Å². The van der Waals surface area contributed by atoms with Gasteiger partial charge >= 0.3 is 0 Å². The monoisotopic (exact) mass is 253 g/mol. The first-order valence-electron chi connectivity index (χ1n) is 6.55. The lowest BCUT2D eigenvalue weighted by atomic mass is 10.0. The van der Waals surface area contributed by atoms with E-state index in [1.165, 1.54) is 6.42 Å². The Morgan fingerprint density at radius 3 is 2.94 bits per heavy atom. The van der Waals surface area contributed by atoms with Crippen LogP contribution in [0.4, 0.5) is 5.82 Å². The number of ether oxygens (including phenoxy) is 1. The van der Waals surface area contributed by atoms with Crippen molar-refractivity contribution < 1.29 is 9.84 Å². The number of nitrogens with zero attached hydrogens (tertiary/aromatic N) is 3. The average molecular weight is 253 g/mol. The van der Waals surface area contributed by atoms with Gasteiger partial charge in [0.05, 0.1) is 18.9 Å². The van der Waals surface area contributed by atoms with Gasteiger partial charge in [0.25, 0.3) is 0 Å². The highest BCUT2D eigenvalue weighted by Gasteiger charge is 2.20. The molecule has 102 valence electrons. The number of hydrogen-bond acceptors (Lipinski definition) is 4. The summed E-state index contributed by atoms with van der Waals surface area (Å²) in [6.07, 6.45) is 2.37. The molecule has 0 aliphatic carbocycles. The molecule has 0 aromatic carbocycles. The Kier molecular flexibility index (Phi) is 4.24. The summed E-state index contributed by atoms with van der Waals surface area (Å²) in [4.78, 5) is 2.19. The molecule has 5 heteroatoms. The zero-order valence-corrected chi connectivity index (χ0v) is 11.5. The Morgan fingerprint density at radius 1 is 1.56 bits per heavy atom. The minimum Gasteiger partial charge on any atom is -0.391 e. The van der Waals surface area contributed by atoms with E-state index < -0.39 is 0 Å². The first-order valence-corrected chi connectivity index (χ1v) is 6.55. The summed E-state index contributed by atoms with van der Waals surface area (Å²) >= 11 is 0. The van der Waals surface area contributed by atoms with Crippen LogP contribution in [0.25, 0.3) is 0 Å². The molecule has 1 unspecified atom stereocenters. The summed E-state index contributed by atoms with van der Waals surface area (Å²) in [6, 6.07) is 0. The van der Waals surface area contributed by atoms with E-state index in [0.717, 1.165) is 43.3 Å². The summed E-state index contributed by atoms with van der Waals surface area (Å²) in [5.41, 5.74) is 1.83. The van der Waals surface area contributed by atoms with E-state index in [1.54, 1.807) is 0 Å². The molecule has 1 aliphatic rings. The predicted octanol–water partition coefficient (Wildman–Crippen LogP) is 1.08. The van der Waals surface area contributed by atoms with Crippen LogP contribution in [-0.2, 0) is 18.4 Å². The topological polar surface area (TPSA) is 50.5 Å². The molecule has 2 rings (SSSR count). The largest absolute Gasteiger partial charge is 0.391 e. The Bertz CT molecular complexity index is 397. The standard InChI is InChI=1S/C13H23N3O2/c1-10-12(8-17)13(16(3)14-10)15(2)7-11-5-4-6-18-9-11/h11,17H,4-9H2,1-3H3. The van der Waals surface area contributed by atoms with Crippen molar-refractivity contribution in [3.05, 3.63) is 11.3 Å². The minimum atomic E-state index is 0.0422. The van der Waals surface area contributed by atoms with Crippen LogP contribution in [0.1, 0.15) is 24.1 Å². The van der Waals surface area contributed by atoms with Crippen molar-refractivity contribution in [3.63, 3.8) is 0 Å². The molecule has 18 heavy (non-hydrogen) atoms. The number of aromatic nitrogens is 2. The molecule has 5 nitrogen and oxygen atoms in total. The van der Waals surface area contributed by atoms with Crippen LogP contribution in [0, 0.1) is 12.8 Å². The van der Waals surface area contributed by atoms with Crippen molar-refractivity contribution >= 4 is 5.82 Å². The second-order valence-electron chi connectivity index (χ2n) is 5.13. The molecule has 1 aliphatic heterocycles. The molecule has 1 aromatic heterocycles. The van der Waals surface area contributed by atoms with Gasteiger partial charge < -0.3 is 14.7 Å². The van der Waals surface area contributed by atoms with Crippen molar-refractivity contribution in [1.82, 2.24) is 9.78 Å². The smallest absolute Gasteiger partial charge is 0.132 e. The summed E-state index contributed by atoms with van der Waals surface area (Å²) in [6.45, 7) is 4.67. The third kappa shape index (κ3) is 2.67. The molecular formula is C13H23N3O2. The van der Waals surface area contributed by atoms with E-state index in [9.17, 15) is 5.11 Å². The molecule has 0 saturated carbocycles. The molecule has 0 bridgehead atoms. The van der Waals surface area contributed by atoms with Crippen molar-refractivity contribution in [2.24, 2.45) is 13.0 Å². The summed E-state index contributed by atoms with van der Waals surface area (Å²) < 4.78 is 7.36. The van der Waals surface area contributed by atoms with E-state index in [4.69, 9.17) is 4.74 Å². The van der Waals surface area contributed by atoms with Crippen molar-refractivity contribution in [2.75, 3.05) is 31.7 Å². The molecule has 2 heterocycles. The van der Waals surface area contributed by atoms with Gasteiger partial charge in [-0.1, -0.05) is 0 Å². The van der Waals surface area contributed by atoms with Gasteiger partial charge in [-0.25, -0.2) is 0 Å². The maximum Gasteiger partial charge on any atom is 0.132 e. The number of hydrogen-bond donors (Lipinski definition) is 1. The lowest BCUT2D eigenvalue weighted by Gasteiger charge is -2.28. The highest BCUT2D eigenvalue weighted by Crippen LogP contribution is 2.24. The molecule has 1 fully saturated rings. The lowest BCUT2D eigenvalue weighted by molar-refractivity contribution is 0.0575. The average Bonchev–Trinajstić information content (AvgIpc) is 2.64. The SMILES string of the molecule is Cc1nn(C)c(N(C)CC2CCCOC2)c1CO. The summed E-state index contributed by atoms with van der Waals surface area (Å²) in [7, 11) is 3.99. The number of aliphatic hydroxyl groups excluding tert-OH is 1. The predicted molar refractivity (Wildman–Crippen MR) is 70.7 cm³/mol. The van der Waals surface area contributed by atoms with Gasteiger partial charge in [-0.15, -0.1) is 0 Å². The van der Waals surface area contributed by atoms with Gasteiger partial charge in [0.2, 0.25) is 0 Å². The fourth-order valence-corrected chi connectivity index (χ4v) is 2.78. The second-order valence-corrected chi connectivity index (χ2v) is 5.13. The van der Waals surface area contributed by atoms with Gasteiger partial charge in [0.1, 0.15) is 5.82 Å². The zero-order valence-electron chi connectivity index (χ0n) is 11.5. The van der Waals surface area contributed by atoms with Gasteiger partial charge in [-0.2, -0.15) is 5.10 Å². The minimum absolute atomic E-state index is 0.0422. The van der Waals surface area contributed by atoms with Gasteiger partial charge in [0, 0.05) is 32.8 Å². The normalized spacial score (nSPS) is 20.1. The second kappa shape index (κ2) is 5.71. The zero-order chi connectivity index (χ0) is 13.1. The third-order valence-electron chi connectivity index (χ3n) is 3.62. The number of anilines is 1. The van der Waals surface area contributed by atoms with Crippen LogP contribution < -0.4 is 4.90 Å². The third-order valence-corrected chi connectivity index (χ3v) is 3.62. The quantitative estimate of drug-likeness (QED) is 0.872. The van der Waals surface area contributed by atoms with Crippen LogP contribution in [0.5, 0.6) is 0 Å². The molecule has 0 amide bonds. The summed E-state index contributed by atoms with van der Waals surface area (Å²) in [5, 5.41) is 13.8. The molecule has 1 aromatic rings. The first kappa shape index (κ1) is 13.4. The van der Waals surface area contributed by atoms with Crippen LogP contribution in [0.3, 0.4) is 0 Å². The molecular weight excluding hydrogens is 230 g/mol. The van der Waals surface area contributed by atoms with E-state index >= 15 is 0 Å². The maximum absolute atomic E-state index is 9.46. The van der Waals surface area contributed by atoms with E-state index in [2.05, 4.69) is 17.0 Å². The molecule has 1 N–H and O–H groups in total. The number of rotatable bonds is 4. The van der Waals surface area contributed by atoms with Crippen LogP contribution in [-0.4, -0.2) is 41.7 Å². The molecule has 1 saturated heterocycles. The Hall–Kier alpha value is -1.07. The van der Waals surface area contributed by atoms with E-state index in [-0.39, 0.29) is 6.61 Å². The molecule has 1 atom stereocenters. The van der Waals surface area contributed by atoms with Gasteiger partial charge in [-0.05, 0) is 25.7 Å². The fourth-order valence-electron chi connectivity index (χ4n) is 2.78. The highest BCUT2D eigenvalue weighted by molar-refractivity contribution is 5.49. The van der Waals surface area contributed by atoms with Gasteiger partial charge in [-0.3, -0.25) is 4.68 Å². The first-order chi connectivity index (χ1) is 8.63. The maximum atomic E-state index is 9.46. The highest BCUT2D eigenvalue weighted by atomic mass is 16.5. The van der Waals surface area contributed by atoms with Crippen molar-refractivity contribution in [3.8, 4) is 0 Å². The lowest BCUT2D eigenvalue weighted by Crippen LogP contribution is -2.32. The number of aryl methyl sites for hydroxylation is 2. The van der Waals surface area contributed by atoms with Gasteiger partial charge in [0.15, 0.2) is 0 Å². The Balaban J connectivity index is 2.10. The van der Waals surface area contributed by atoms with Crippen molar-refractivity contribution in [2.45, 2.75) is 26.4 Å². The Morgan fingerprint density at radius 2 is 2.33 bits per heavy atom. The van der Waals surface area contributed by atoms with Crippen LogP contribution >= 0.6 is 0 Å². The summed E-state index contributed by atoms with van der Waals surface area (Å²) in [5.74, 6) is 1.59. The molecule has 0 radical (unpaired) electrons. The van der Waals surface area contributed by atoms with Crippen molar-refractivity contribution in [1.29, 1.82) is 0 Å². The molecule has 0 spiro atoms. The Labute approximate surface area is 108 Å². The number of aliphatic hydroxyl groups is 1. The van der Waals surface area contributed by atoms with E-state index in [1.807, 2.05) is 18.7 Å². The fraction of sp³-hybridized carbons (Fsp3) is 0.769. The van der Waals surface area contributed by atoms with Crippen LogP contribution in [0.15, 0.2) is 0 Å². The van der Waals surface area contributed by atoms with Crippen LogP contribution in [0.2, 0.25) is 0 Å².